The minimum atomic E-state index is 0.389. The molecule has 0 saturated carbocycles. The second kappa shape index (κ2) is 8.98. The van der Waals surface area contributed by atoms with Crippen LogP contribution >= 0.6 is 0 Å². The molecule has 2 N–H and O–H groups in total. The van der Waals surface area contributed by atoms with Gasteiger partial charge in [-0.2, -0.15) is 0 Å². The van der Waals surface area contributed by atoms with Crippen LogP contribution in [0.5, 0.6) is 0 Å². The molecule has 0 spiro atoms. The van der Waals surface area contributed by atoms with Crippen LogP contribution in [0.15, 0.2) is 52.6 Å². The van der Waals surface area contributed by atoms with E-state index in [1.54, 1.807) is 12.3 Å². The van der Waals surface area contributed by atoms with Gasteiger partial charge >= 0.3 is 0 Å². The van der Waals surface area contributed by atoms with Crippen LogP contribution in [0.1, 0.15) is 22.9 Å². The quantitative estimate of drug-likeness (QED) is 0.372. The average Bonchev–Trinajstić information content (AvgIpc) is 3.30. The SMILES string of the molecule is C=CCNC(=NCc1coc(-c2ccc(C)cc2)n1)NCc1nnc(C)n1C. The second-order valence-electron chi connectivity index (χ2n) is 6.42. The molecule has 0 aliphatic rings. The first-order chi connectivity index (χ1) is 13.6. The van der Waals surface area contributed by atoms with Crippen molar-refractivity contribution in [1.29, 1.82) is 0 Å². The normalized spacial score (nSPS) is 11.5. The molecule has 0 saturated heterocycles. The standard InChI is InChI=1S/C20H25N7O/c1-5-10-21-20(23-12-18-26-25-15(3)27(18)4)22-11-17-13-28-19(24-17)16-8-6-14(2)7-9-16/h5-9,13H,1,10-12H2,2-4H3,(H2,21,22,23). The fourth-order valence-electron chi connectivity index (χ4n) is 2.48. The van der Waals surface area contributed by atoms with Crippen molar-refractivity contribution in [2.24, 2.45) is 12.0 Å². The van der Waals surface area contributed by atoms with Gasteiger partial charge in [0.2, 0.25) is 5.89 Å². The zero-order valence-corrected chi connectivity index (χ0v) is 16.4. The van der Waals surface area contributed by atoms with E-state index in [9.17, 15) is 0 Å². The van der Waals surface area contributed by atoms with Gasteiger partial charge in [0, 0.05) is 19.2 Å². The molecule has 146 valence electrons. The van der Waals surface area contributed by atoms with E-state index in [-0.39, 0.29) is 0 Å². The molecule has 0 aliphatic heterocycles. The van der Waals surface area contributed by atoms with Crippen molar-refractivity contribution in [3.63, 3.8) is 0 Å². The molecule has 0 fully saturated rings. The Morgan fingerprint density at radius 2 is 2.00 bits per heavy atom. The molecule has 2 heterocycles. The summed E-state index contributed by atoms with van der Waals surface area (Å²) in [6.07, 6.45) is 3.41. The number of aryl methyl sites for hydroxylation is 2. The number of benzene rings is 1. The Morgan fingerprint density at radius 1 is 1.21 bits per heavy atom. The first-order valence-electron chi connectivity index (χ1n) is 9.06. The number of aliphatic imine (C=N–C) groups is 1. The fraction of sp³-hybridized carbons (Fsp3) is 0.300. The van der Waals surface area contributed by atoms with E-state index in [4.69, 9.17) is 4.42 Å². The molecule has 0 unspecified atom stereocenters. The van der Waals surface area contributed by atoms with Gasteiger partial charge in [-0.3, -0.25) is 0 Å². The number of hydrogen-bond donors (Lipinski definition) is 2. The lowest BCUT2D eigenvalue weighted by Gasteiger charge is -2.10. The van der Waals surface area contributed by atoms with Gasteiger partial charge in [0.15, 0.2) is 11.8 Å². The van der Waals surface area contributed by atoms with Gasteiger partial charge in [-0.05, 0) is 26.0 Å². The van der Waals surface area contributed by atoms with E-state index in [2.05, 4.69) is 37.4 Å². The van der Waals surface area contributed by atoms with Crippen molar-refractivity contribution in [2.45, 2.75) is 26.9 Å². The lowest BCUT2D eigenvalue weighted by molar-refractivity contribution is 0.572. The van der Waals surface area contributed by atoms with Crippen molar-refractivity contribution in [3.8, 4) is 11.5 Å². The van der Waals surface area contributed by atoms with Crippen LogP contribution in [0.4, 0.5) is 0 Å². The third-order valence-electron chi connectivity index (χ3n) is 4.26. The van der Waals surface area contributed by atoms with Gasteiger partial charge in [0.1, 0.15) is 17.8 Å². The smallest absolute Gasteiger partial charge is 0.226 e. The Bertz CT molecular complexity index is 953. The van der Waals surface area contributed by atoms with E-state index in [1.807, 2.05) is 49.7 Å². The minimum Gasteiger partial charge on any atom is -0.444 e. The molecule has 0 amide bonds. The number of aromatic nitrogens is 4. The average molecular weight is 379 g/mol. The molecule has 8 heteroatoms. The van der Waals surface area contributed by atoms with Crippen molar-refractivity contribution in [3.05, 3.63) is 66.1 Å². The maximum Gasteiger partial charge on any atom is 0.226 e. The first kappa shape index (κ1) is 19.3. The Kier molecular flexibility index (Phi) is 6.21. The molecule has 0 aliphatic carbocycles. The Hall–Kier alpha value is -3.42. The molecule has 28 heavy (non-hydrogen) atoms. The molecule has 8 nitrogen and oxygen atoms in total. The molecule has 0 bridgehead atoms. The van der Waals surface area contributed by atoms with E-state index in [0.29, 0.717) is 31.5 Å². The predicted octanol–water partition coefficient (Wildman–Crippen LogP) is 2.51. The number of nitrogens with one attached hydrogen (secondary N) is 2. The number of oxazole rings is 1. The van der Waals surface area contributed by atoms with Crippen molar-refractivity contribution >= 4 is 5.96 Å². The maximum absolute atomic E-state index is 5.59. The summed E-state index contributed by atoms with van der Waals surface area (Å²) in [5.74, 6) is 2.92. The van der Waals surface area contributed by atoms with E-state index >= 15 is 0 Å². The van der Waals surface area contributed by atoms with Crippen molar-refractivity contribution in [2.75, 3.05) is 6.54 Å². The van der Waals surface area contributed by atoms with Gasteiger partial charge < -0.3 is 19.6 Å². The Morgan fingerprint density at radius 3 is 2.68 bits per heavy atom. The summed E-state index contributed by atoms with van der Waals surface area (Å²) in [4.78, 5) is 9.09. The number of rotatable bonds is 7. The van der Waals surface area contributed by atoms with Gasteiger partial charge in [-0.15, -0.1) is 16.8 Å². The molecule has 2 aromatic heterocycles. The topological polar surface area (TPSA) is 93.2 Å². The Balaban J connectivity index is 1.66. The summed E-state index contributed by atoms with van der Waals surface area (Å²) in [5, 5.41) is 14.6. The van der Waals surface area contributed by atoms with Crippen LogP contribution in [-0.2, 0) is 20.1 Å². The highest BCUT2D eigenvalue weighted by Gasteiger charge is 2.08. The van der Waals surface area contributed by atoms with E-state index < -0.39 is 0 Å². The third-order valence-corrected chi connectivity index (χ3v) is 4.26. The highest BCUT2D eigenvalue weighted by atomic mass is 16.3. The number of nitrogens with zero attached hydrogens (tertiary/aromatic N) is 5. The zero-order valence-electron chi connectivity index (χ0n) is 16.4. The minimum absolute atomic E-state index is 0.389. The van der Waals surface area contributed by atoms with Gasteiger partial charge in [-0.25, -0.2) is 9.98 Å². The molecular formula is C20H25N7O. The van der Waals surface area contributed by atoms with Crippen molar-refractivity contribution in [1.82, 2.24) is 30.4 Å². The Labute approximate surface area is 164 Å². The van der Waals surface area contributed by atoms with Crippen LogP contribution in [0.25, 0.3) is 11.5 Å². The zero-order chi connectivity index (χ0) is 19.9. The molecular weight excluding hydrogens is 354 g/mol. The second-order valence-corrected chi connectivity index (χ2v) is 6.42. The lowest BCUT2D eigenvalue weighted by atomic mass is 10.1. The highest BCUT2D eigenvalue weighted by molar-refractivity contribution is 5.79. The lowest BCUT2D eigenvalue weighted by Crippen LogP contribution is -2.37. The van der Waals surface area contributed by atoms with Gasteiger partial charge in [0.05, 0.1) is 13.1 Å². The first-order valence-corrected chi connectivity index (χ1v) is 9.06. The monoisotopic (exact) mass is 379 g/mol. The van der Waals surface area contributed by atoms with Crippen LogP contribution < -0.4 is 10.6 Å². The molecule has 1 aromatic carbocycles. The van der Waals surface area contributed by atoms with Gasteiger partial charge in [0.25, 0.3) is 0 Å². The van der Waals surface area contributed by atoms with E-state index in [0.717, 1.165) is 22.9 Å². The summed E-state index contributed by atoms with van der Waals surface area (Å²) >= 11 is 0. The van der Waals surface area contributed by atoms with Crippen LogP contribution in [-0.4, -0.2) is 32.3 Å². The molecule has 3 rings (SSSR count). The molecule has 0 atom stereocenters. The fourth-order valence-corrected chi connectivity index (χ4v) is 2.48. The summed E-state index contributed by atoms with van der Waals surface area (Å²) < 4.78 is 7.53. The number of guanidine groups is 1. The highest BCUT2D eigenvalue weighted by Crippen LogP contribution is 2.19. The van der Waals surface area contributed by atoms with Crippen LogP contribution in [0.3, 0.4) is 0 Å². The summed E-state index contributed by atoms with van der Waals surface area (Å²) in [6.45, 7) is 9.18. The van der Waals surface area contributed by atoms with Crippen molar-refractivity contribution < 1.29 is 4.42 Å². The maximum atomic E-state index is 5.59. The summed E-state index contributed by atoms with van der Waals surface area (Å²) in [5.41, 5.74) is 2.90. The summed E-state index contributed by atoms with van der Waals surface area (Å²) in [6, 6.07) is 8.06. The summed E-state index contributed by atoms with van der Waals surface area (Å²) in [7, 11) is 1.93. The van der Waals surface area contributed by atoms with Crippen LogP contribution in [0.2, 0.25) is 0 Å². The largest absolute Gasteiger partial charge is 0.444 e. The molecule has 0 radical (unpaired) electrons. The van der Waals surface area contributed by atoms with E-state index in [1.165, 1.54) is 5.56 Å². The van der Waals surface area contributed by atoms with Crippen LogP contribution in [0, 0.1) is 13.8 Å². The van der Waals surface area contributed by atoms with Gasteiger partial charge in [-0.1, -0.05) is 23.8 Å². The third kappa shape index (κ3) is 4.85. The number of hydrogen-bond acceptors (Lipinski definition) is 5. The predicted molar refractivity (Wildman–Crippen MR) is 109 cm³/mol. The molecule has 3 aromatic rings.